The number of rotatable bonds is 3. The van der Waals surface area contributed by atoms with Gasteiger partial charge in [0.2, 0.25) is 6.54 Å². The van der Waals surface area contributed by atoms with Gasteiger partial charge in [-0.2, -0.15) is 9.83 Å². The van der Waals surface area contributed by atoms with Gasteiger partial charge in [0.15, 0.2) is 12.4 Å². The number of benzene rings is 1. The maximum Gasteiger partial charge on any atom is 0.290 e. The molecule has 0 radical (unpaired) electrons. The Bertz CT molecular complexity index is 627. The van der Waals surface area contributed by atoms with E-state index in [0.717, 1.165) is 5.56 Å². The molecule has 1 N–H and O–H groups in total. The number of amides is 1. The highest BCUT2D eigenvalue weighted by Gasteiger charge is 2.09. The van der Waals surface area contributed by atoms with E-state index in [9.17, 15) is 4.79 Å². The molecule has 0 saturated carbocycles. The van der Waals surface area contributed by atoms with Crippen molar-refractivity contribution in [3.63, 3.8) is 0 Å². The Balaban J connectivity index is 2.01. The van der Waals surface area contributed by atoms with E-state index in [0.29, 0.717) is 11.3 Å². The molecule has 0 fully saturated rings. The van der Waals surface area contributed by atoms with Gasteiger partial charge in [-0.3, -0.25) is 4.79 Å². The first-order valence-electron chi connectivity index (χ1n) is 5.93. The van der Waals surface area contributed by atoms with E-state index in [-0.39, 0.29) is 12.5 Å². The summed E-state index contributed by atoms with van der Waals surface area (Å²) in [6.45, 7) is 2.24. The zero-order valence-corrected chi connectivity index (χ0v) is 10.6. The quantitative estimate of drug-likeness (QED) is 0.847. The summed E-state index contributed by atoms with van der Waals surface area (Å²) in [6.07, 6.45) is 3.72. The van der Waals surface area contributed by atoms with Crippen molar-refractivity contribution >= 4 is 11.6 Å². The van der Waals surface area contributed by atoms with Crippen LogP contribution in [0.1, 0.15) is 11.1 Å². The van der Waals surface area contributed by atoms with Crippen LogP contribution in [0.25, 0.3) is 0 Å². The Labute approximate surface area is 111 Å². The van der Waals surface area contributed by atoms with E-state index in [2.05, 4.69) is 5.32 Å². The molecule has 1 heterocycles. The fraction of sp³-hybridized carbons (Fsp3) is 0.133. The maximum absolute atomic E-state index is 11.9. The van der Waals surface area contributed by atoms with Crippen LogP contribution in [-0.4, -0.2) is 5.91 Å². The minimum absolute atomic E-state index is 0.121. The van der Waals surface area contributed by atoms with Crippen molar-refractivity contribution in [2.45, 2.75) is 13.5 Å². The summed E-state index contributed by atoms with van der Waals surface area (Å²) < 4.78 is 1.80. The third-order valence-corrected chi connectivity index (χ3v) is 2.66. The Morgan fingerprint density at radius 3 is 2.74 bits per heavy atom. The topological polar surface area (TPSA) is 56.8 Å². The van der Waals surface area contributed by atoms with E-state index in [1.165, 1.54) is 0 Å². The normalized spacial score (nSPS) is 9.68. The van der Waals surface area contributed by atoms with Crippen LogP contribution < -0.4 is 9.88 Å². The lowest BCUT2D eigenvalue weighted by molar-refractivity contribution is -0.684. The van der Waals surface area contributed by atoms with Gasteiger partial charge in [-0.15, -0.1) is 0 Å². The number of hydrogen-bond acceptors (Lipinski definition) is 2. The Morgan fingerprint density at radius 1 is 1.32 bits per heavy atom. The van der Waals surface area contributed by atoms with Crippen LogP contribution in [0.15, 0.2) is 48.8 Å². The average molecular weight is 252 g/mol. The zero-order valence-electron chi connectivity index (χ0n) is 10.6. The molecule has 1 amide bonds. The van der Waals surface area contributed by atoms with Gasteiger partial charge in [0, 0.05) is 17.8 Å². The predicted octanol–water partition coefficient (Wildman–Crippen LogP) is 1.79. The molecule has 0 bridgehead atoms. The van der Waals surface area contributed by atoms with E-state index in [4.69, 9.17) is 5.26 Å². The Kier molecular flexibility index (Phi) is 3.89. The molecule has 94 valence electrons. The number of pyridine rings is 1. The highest BCUT2D eigenvalue weighted by Crippen LogP contribution is 2.09. The van der Waals surface area contributed by atoms with Crippen LogP contribution in [0.5, 0.6) is 0 Å². The van der Waals surface area contributed by atoms with Crippen LogP contribution in [0.3, 0.4) is 0 Å². The molecule has 0 spiro atoms. The number of nitrogens with zero attached hydrogens (tertiary/aromatic N) is 2. The lowest BCUT2D eigenvalue weighted by Gasteiger charge is -2.03. The van der Waals surface area contributed by atoms with Gasteiger partial charge in [0.1, 0.15) is 0 Å². The molecule has 2 rings (SSSR count). The lowest BCUT2D eigenvalue weighted by atomic mass is 10.2. The summed E-state index contributed by atoms with van der Waals surface area (Å²) in [5.41, 5.74) is 2.32. The monoisotopic (exact) mass is 252 g/mol. The minimum Gasteiger partial charge on any atom is -0.321 e. The summed E-state index contributed by atoms with van der Waals surface area (Å²) in [4.78, 5) is 11.9. The molecular formula is C15H14N3O+. The number of carbonyl (C=O) groups is 1. The molecular weight excluding hydrogens is 238 g/mol. The van der Waals surface area contributed by atoms with Crippen molar-refractivity contribution in [2.24, 2.45) is 0 Å². The fourth-order valence-corrected chi connectivity index (χ4v) is 1.67. The molecule has 1 aromatic heterocycles. The molecule has 1 aromatic carbocycles. The van der Waals surface area contributed by atoms with Gasteiger partial charge in [-0.25, -0.2) is 0 Å². The van der Waals surface area contributed by atoms with Crippen molar-refractivity contribution in [2.75, 3.05) is 5.32 Å². The molecule has 0 unspecified atom stereocenters. The lowest BCUT2D eigenvalue weighted by Crippen LogP contribution is -2.39. The molecule has 4 heteroatoms. The standard InChI is InChI=1S/C15H13N3O/c1-12-5-7-18(8-6-12)11-15(19)17-14-4-2-3-13(9-14)10-16/h2-9H,11H2,1H3/p+1. The van der Waals surface area contributed by atoms with Crippen molar-refractivity contribution in [3.05, 3.63) is 59.9 Å². The van der Waals surface area contributed by atoms with Gasteiger partial charge >= 0.3 is 0 Å². The first kappa shape index (κ1) is 12.8. The minimum atomic E-state index is -0.121. The van der Waals surface area contributed by atoms with Gasteiger partial charge in [0.25, 0.3) is 5.91 Å². The van der Waals surface area contributed by atoms with E-state index in [1.54, 1.807) is 28.8 Å². The predicted molar refractivity (Wildman–Crippen MR) is 71.2 cm³/mol. The second kappa shape index (κ2) is 5.78. The van der Waals surface area contributed by atoms with Gasteiger partial charge in [0.05, 0.1) is 11.6 Å². The maximum atomic E-state index is 11.9. The number of hydrogen-bond donors (Lipinski definition) is 1. The van der Waals surface area contributed by atoms with E-state index >= 15 is 0 Å². The van der Waals surface area contributed by atoms with Crippen LogP contribution in [-0.2, 0) is 11.3 Å². The molecule has 0 aliphatic rings. The third kappa shape index (κ3) is 3.65. The second-order valence-electron chi connectivity index (χ2n) is 4.29. The van der Waals surface area contributed by atoms with Crippen molar-refractivity contribution in [1.82, 2.24) is 0 Å². The summed E-state index contributed by atoms with van der Waals surface area (Å²) in [6, 6.07) is 12.8. The number of aryl methyl sites for hydroxylation is 1. The number of nitrogens with one attached hydrogen (secondary N) is 1. The van der Waals surface area contributed by atoms with Gasteiger partial charge in [-0.05, 0) is 30.7 Å². The van der Waals surface area contributed by atoms with E-state index < -0.39 is 0 Å². The number of anilines is 1. The molecule has 2 aromatic rings. The van der Waals surface area contributed by atoms with Gasteiger partial charge in [-0.1, -0.05) is 6.07 Å². The molecule has 0 aliphatic heterocycles. The summed E-state index contributed by atoms with van der Waals surface area (Å²) in [7, 11) is 0. The van der Waals surface area contributed by atoms with Crippen molar-refractivity contribution in [3.8, 4) is 6.07 Å². The summed E-state index contributed by atoms with van der Waals surface area (Å²) in [5, 5.41) is 11.6. The first-order chi connectivity index (χ1) is 9.17. The van der Waals surface area contributed by atoms with Crippen LogP contribution >= 0.6 is 0 Å². The van der Waals surface area contributed by atoms with Crippen molar-refractivity contribution < 1.29 is 9.36 Å². The van der Waals surface area contributed by atoms with Crippen LogP contribution in [0, 0.1) is 18.3 Å². The van der Waals surface area contributed by atoms with Crippen LogP contribution in [0.2, 0.25) is 0 Å². The summed E-state index contributed by atoms with van der Waals surface area (Å²) >= 11 is 0. The fourth-order valence-electron chi connectivity index (χ4n) is 1.67. The highest BCUT2D eigenvalue weighted by atomic mass is 16.1. The van der Waals surface area contributed by atoms with E-state index in [1.807, 2.05) is 37.5 Å². The third-order valence-electron chi connectivity index (χ3n) is 2.66. The highest BCUT2D eigenvalue weighted by molar-refractivity contribution is 5.89. The first-order valence-corrected chi connectivity index (χ1v) is 5.93. The molecule has 0 saturated heterocycles. The van der Waals surface area contributed by atoms with Crippen molar-refractivity contribution in [1.29, 1.82) is 5.26 Å². The Hall–Kier alpha value is -2.67. The molecule has 4 nitrogen and oxygen atoms in total. The largest absolute Gasteiger partial charge is 0.321 e. The number of aromatic nitrogens is 1. The van der Waals surface area contributed by atoms with Gasteiger partial charge < -0.3 is 5.32 Å². The molecule has 19 heavy (non-hydrogen) atoms. The molecule has 0 aliphatic carbocycles. The average Bonchev–Trinajstić information content (AvgIpc) is 2.41. The smallest absolute Gasteiger partial charge is 0.290 e. The van der Waals surface area contributed by atoms with Crippen LogP contribution in [0.4, 0.5) is 5.69 Å². The second-order valence-corrected chi connectivity index (χ2v) is 4.29. The zero-order chi connectivity index (χ0) is 13.7. The molecule has 0 atom stereocenters. The number of carbonyl (C=O) groups excluding carboxylic acids is 1. The summed E-state index contributed by atoms with van der Waals surface area (Å²) in [5.74, 6) is -0.121. The number of nitriles is 1. The Morgan fingerprint density at radius 2 is 2.05 bits per heavy atom. The SMILES string of the molecule is Cc1cc[n+](CC(=O)Nc2cccc(C#N)c2)cc1.